The Bertz CT molecular complexity index is 5810. The summed E-state index contributed by atoms with van der Waals surface area (Å²) in [6.07, 6.45) is 0. The summed E-state index contributed by atoms with van der Waals surface area (Å²) in [5.74, 6) is 0. The van der Waals surface area contributed by atoms with Gasteiger partial charge in [0.05, 0.1) is 55.5 Å². The number of hydrogen-bond donors (Lipinski definition) is 0. The lowest BCUT2D eigenvalue weighted by Crippen LogP contribution is -2.01. The second-order valence-corrected chi connectivity index (χ2v) is 23.2. The number of benzene rings is 14. The molecule has 88 heavy (non-hydrogen) atoms. The summed E-state index contributed by atoms with van der Waals surface area (Å²) in [6.45, 7) is 0. The van der Waals surface area contributed by atoms with E-state index < -0.39 is 0 Å². The van der Waals surface area contributed by atoms with Crippen molar-refractivity contribution in [1.29, 1.82) is 0 Å². The molecule has 0 unspecified atom stereocenters. The first-order valence-electron chi connectivity index (χ1n) is 30.3. The van der Waals surface area contributed by atoms with Crippen LogP contribution in [-0.4, -0.2) is 18.3 Å². The molecule has 4 heteroatoms. The van der Waals surface area contributed by atoms with Crippen LogP contribution in [0.4, 0.5) is 0 Å². The molecule has 4 heterocycles. The molecule has 0 aliphatic heterocycles. The lowest BCUT2D eigenvalue weighted by atomic mass is 9.97. The molecule has 0 atom stereocenters. The Balaban J connectivity index is 0.740. The molecule has 0 aliphatic rings. The van der Waals surface area contributed by atoms with Crippen molar-refractivity contribution >= 4 is 87.2 Å². The van der Waals surface area contributed by atoms with Crippen LogP contribution >= 0.6 is 0 Å². The third kappa shape index (κ3) is 7.79. The van der Waals surface area contributed by atoms with Gasteiger partial charge >= 0.3 is 0 Å². The van der Waals surface area contributed by atoms with Crippen molar-refractivity contribution in [2.24, 2.45) is 0 Å². The normalized spacial score (nSPS) is 11.9. The van der Waals surface area contributed by atoms with Crippen molar-refractivity contribution in [3.63, 3.8) is 0 Å². The Labute approximate surface area is 508 Å². The fourth-order valence-corrected chi connectivity index (χ4v) is 14.4. The van der Waals surface area contributed by atoms with Crippen LogP contribution < -0.4 is 0 Å². The molecule has 0 bridgehead atoms. The topological polar surface area (TPSA) is 19.7 Å². The van der Waals surface area contributed by atoms with Gasteiger partial charge in [-0.2, -0.15) is 0 Å². The molecule has 0 saturated heterocycles. The van der Waals surface area contributed by atoms with E-state index >= 15 is 0 Å². The minimum Gasteiger partial charge on any atom is -0.309 e. The Hall–Kier alpha value is -11.7. The van der Waals surface area contributed by atoms with Gasteiger partial charge in [0.1, 0.15) is 0 Å². The first-order chi connectivity index (χ1) is 43.7. The maximum absolute atomic E-state index is 2.48. The zero-order valence-electron chi connectivity index (χ0n) is 48.0. The van der Waals surface area contributed by atoms with Gasteiger partial charge in [-0.3, -0.25) is 0 Å². The van der Waals surface area contributed by atoms with Gasteiger partial charge in [0, 0.05) is 65.6 Å². The standard InChI is InChI=1S/C84H54N4/c1-3-21-55(22-4-1)59-27-20-28-63(50-59)85-75-35-13-8-32-68(75)72-46-44-64(54-84(72)85)86-76-36-14-7-31-67(76)71-45-41-62(53-83(71)86)58-26-19-25-57(49-58)61-43-48-82-74(52-61)70-34-12-18-40-80(70)88(82)78-38-16-10-30-66(78)65-29-9-15-37-77(65)87-79-39-17-11-33-69(79)73-51-60(42-47-81(73)87)56-23-5-2-6-24-56/h1-54H. The van der Waals surface area contributed by atoms with Crippen molar-refractivity contribution in [1.82, 2.24) is 18.3 Å². The van der Waals surface area contributed by atoms with E-state index in [1.54, 1.807) is 0 Å². The Morgan fingerprint density at radius 3 is 1.01 bits per heavy atom. The molecule has 0 fully saturated rings. The molecule has 4 aromatic heterocycles. The summed E-state index contributed by atoms with van der Waals surface area (Å²) < 4.78 is 9.84. The molecule has 0 spiro atoms. The highest BCUT2D eigenvalue weighted by Crippen LogP contribution is 2.44. The molecule has 18 rings (SSSR count). The maximum Gasteiger partial charge on any atom is 0.0561 e. The monoisotopic (exact) mass is 1120 g/mol. The Kier molecular flexibility index (Phi) is 11.3. The van der Waals surface area contributed by atoms with Crippen molar-refractivity contribution in [3.8, 4) is 78.4 Å². The van der Waals surface area contributed by atoms with Gasteiger partial charge < -0.3 is 18.3 Å². The first-order valence-corrected chi connectivity index (χ1v) is 30.3. The predicted octanol–water partition coefficient (Wildman–Crippen LogP) is 22.4. The van der Waals surface area contributed by atoms with Crippen LogP contribution in [0.1, 0.15) is 0 Å². The zero-order valence-corrected chi connectivity index (χ0v) is 48.0. The minimum atomic E-state index is 1.12. The quantitative estimate of drug-likeness (QED) is 0.137. The SMILES string of the molecule is c1ccc(-c2cccc(-n3c4ccccc4c4ccc(-n5c6ccccc6c6ccc(-c7cccc(-c8ccc9c(c8)c8ccccc8n9-c8ccccc8-c8ccccc8-n8c9ccccc9c9cc(-c%10ccccc%10)ccc98)c7)cc65)cc43)c2)cc1. The Morgan fingerprint density at radius 1 is 0.148 bits per heavy atom. The molecule has 14 aromatic carbocycles. The van der Waals surface area contributed by atoms with Gasteiger partial charge in [0.2, 0.25) is 0 Å². The molecule has 0 aliphatic carbocycles. The number of fused-ring (bicyclic) bond motifs is 12. The van der Waals surface area contributed by atoms with Gasteiger partial charge in [-0.1, -0.05) is 231 Å². The molecule has 0 N–H and O–H groups in total. The second kappa shape index (κ2) is 20.0. The summed E-state index contributed by atoms with van der Waals surface area (Å²) in [5, 5.41) is 9.82. The van der Waals surface area contributed by atoms with E-state index in [4.69, 9.17) is 0 Å². The lowest BCUT2D eigenvalue weighted by Gasteiger charge is -2.18. The average molecular weight is 1120 g/mol. The van der Waals surface area contributed by atoms with Crippen LogP contribution in [0.15, 0.2) is 328 Å². The van der Waals surface area contributed by atoms with E-state index in [0.717, 1.165) is 39.4 Å². The first kappa shape index (κ1) is 49.7. The highest BCUT2D eigenvalue weighted by atomic mass is 15.0. The fraction of sp³-hybridized carbons (Fsp3) is 0. The van der Waals surface area contributed by atoms with E-state index in [-0.39, 0.29) is 0 Å². The molecule has 410 valence electrons. The maximum atomic E-state index is 2.48. The summed E-state index contributed by atoms with van der Waals surface area (Å²) in [5.41, 5.74) is 25.7. The number of aromatic nitrogens is 4. The van der Waals surface area contributed by atoms with Gasteiger partial charge in [0.15, 0.2) is 0 Å². The van der Waals surface area contributed by atoms with Crippen LogP contribution in [0, 0.1) is 0 Å². The number of para-hydroxylation sites is 6. The third-order valence-electron chi connectivity index (χ3n) is 18.4. The highest BCUT2D eigenvalue weighted by molar-refractivity contribution is 6.15. The smallest absolute Gasteiger partial charge is 0.0561 e. The van der Waals surface area contributed by atoms with Gasteiger partial charge in [-0.05, 0) is 142 Å². The second-order valence-electron chi connectivity index (χ2n) is 23.2. The number of hydrogen-bond acceptors (Lipinski definition) is 0. The molecular formula is C84H54N4. The molecule has 0 radical (unpaired) electrons. The molecular weight excluding hydrogens is 1060 g/mol. The highest BCUT2D eigenvalue weighted by Gasteiger charge is 2.22. The van der Waals surface area contributed by atoms with Crippen molar-refractivity contribution < 1.29 is 0 Å². The van der Waals surface area contributed by atoms with Gasteiger partial charge in [-0.25, -0.2) is 0 Å². The third-order valence-corrected chi connectivity index (χ3v) is 18.4. The lowest BCUT2D eigenvalue weighted by molar-refractivity contribution is 1.15. The van der Waals surface area contributed by atoms with Crippen molar-refractivity contribution in [3.05, 3.63) is 328 Å². The molecule has 18 aromatic rings. The van der Waals surface area contributed by atoms with E-state index in [1.807, 2.05) is 0 Å². The molecule has 0 amide bonds. The van der Waals surface area contributed by atoms with Crippen LogP contribution in [-0.2, 0) is 0 Å². The number of nitrogens with zero attached hydrogens (tertiary/aromatic N) is 4. The molecule has 0 saturated carbocycles. The summed E-state index contributed by atoms with van der Waals surface area (Å²) in [6, 6.07) is 121. The summed E-state index contributed by atoms with van der Waals surface area (Å²) in [4.78, 5) is 0. The van der Waals surface area contributed by atoms with E-state index in [9.17, 15) is 0 Å². The van der Waals surface area contributed by atoms with Crippen LogP contribution in [0.5, 0.6) is 0 Å². The van der Waals surface area contributed by atoms with Crippen molar-refractivity contribution in [2.75, 3.05) is 0 Å². The molecule has 4 nitrogen and oxygen atoms in total. The van der Waals surface area contributed by atoms with E-state index in [1.165, 1.54) is 126 Å². The van der Waals surface area contributed by atoms with Crippen LogP contribution in [0.2, 0.25) is 0 Å². The van der Waals surface area contributed by atoms with E-state index in [0.29, 0.717) is 0 Å². The van der Waals surface area contributed by atoms with Crippen LogP contribution in [0.3, 0.4) is 0 Å². The van der Waals surface area contributed by atoms with Crippen LogP contribution in [0.25, 0.3) is 166 Å². The number of rotatable bonds is 9. The van der Waals surface area contributed by atoms with Gasteiger partial charge in [-0.15, -0.1) is 0 Å². The average Bonchev–Trinajstić information content (AvgIpc) is 1.66. The van der Waals surface area contributed by atoms with Crippen molar-refractivity contribution in [2.45, 2.75) is 0 Å². The minimum absolute atomic E-state index is 1.12. The summed E-state index contributed by atoms with van der Waals surface area (Å²) >= 11 is 0. The van der Waals surface area contributed by atoms with Gasteiger partial charge in [0.25, 0.3) is 0 Å². The van der Waals surface area contributed by atoms with E-state index in [2.05, 4.69) is 346 Å². The largest absolute Gasteiger partial charge is 0.309 e. The summed E-state index contributed by atoms with van der Waals surface area (Å²) in [7, 11) is 0. The predicted molar refractivity (Wildman–Crippen MR) is 371 cm³/mol. The fourth-order valence-electron chi connectivity index (χ4n) is 14.4. The zero-order chi connectivity index (χ0) is 57.8. The Morgan fingerprint density at radius 2 is 0.477 bits per heavy atom.